The van der Waals surface area contributed by atoms with Crippen LogP contribution >= 0.6 is 7.94 Å². The lowest BCUT2D eigenvalue weighted by atomic mass is 11.3. The van der Waals surface area contributed by atoms with Crippen molar-refractivity contribution in [1.29, 1.82) is 5.16 Å². The second-order valence-corrected chi connectivity index (χ2v) is 1.53. The van der Waals surface area contributed by atoms with Crippen LogP contribution in [-0.2, 0) is 0 Å². The van der Waals surface area contributed by atoms with E-state index in [1.54, 1.807) is 0 Å². The van der Waals surface area contributed by atoms with Crippen molar-refractivity contribution in [1.82, 2.24) is 0 Å². The third-order valence-corrected chi connectivity index (χ3v) is 0.497. The summed E-state index contributed by atoms with van der Waals surface area (Å²) in [4.78, 5) is 9.51. The van der Waals surface area contributed by atoms with Crippen molar-refractivity contribution in [3.63, 3.8) is 0 Å². The van der Waals surface area contributed by atoms with E-state index in [2.05, 4.69) is 6.58 Å². The van der Waals surface area contributed by atoms with Crippen LogP contribution in [0.1, 0.15) is 0 Å². The third-order valence-electron chi connectivity index (χ3n) is 0.166. The molecule has 1 atom stereocenters. The first-order valence-corrected chi connectivity index (χ1v) is 2.40. The highest BCUT2D eigenvalue weighted by atomic mass is 31.1. The molecule has 0 spiro atoms. The standard InChI is InChI=1S/C2H4NOP/c1-2-5(3)4/h2-3H,1H2. The predicted molar refractivity (Wildman–Crippen MR) is 19.8 cm³/mol. The van der Waals surface area contributed by atoms with Crippen molar-refractivity contribution in [3.05, 3.63) is 12.4 Å². The molecule has 28 valence electrons. The molecule has 0 aliphatic carbocycles. The summed E-state index contributed by atoms with van der Waals surface area (Å²) in [5.74, 6) is 1.09. The number of nitrogens with one attached hydrogen (secondary N) is 1. The molecule has 0 aromatic carbocycles. The molecule has 0 aliphatic rings. The Morgan fingerprint density at radius 1 is 2.00 bits per heavy atom. The van der Waals surface area contributed by atoms with Crippen LogP contribution in [0.15, 0.2) is 12.4 Å². The Morgan fingerprint density at radius 2 is 2.20 bits per heavy atom. The minimum absolute atomic E-state index is 1.09. The van der Waals surface area contributed by atoms with Crippen molar-refractivity contribution in [2.24, 2.45) is 0 Å². The van der Waals surface area contributed by atoms with Crippen LogP contribution in [0.5, 0.6) is 0 Å². The Morgan fingerprint density at radius 3 is 2.20 bits per heavy atom. The summed E-state index contributed by atoms with van der Waals surface area (Å²) in [5.41, 5.74) is 0. The van der Waals surface area contributed by atoms with Crippen LogP contribution in [0.2, 0.25) is 0 Å². The first kappa shape index (κ1) is 4.80. The highest BCUT2D eigenvalue weighted by Gasteiger charge is 1.69. The second-order valence-electron chi connectivity index (χ2n) is 0.508. The van der Waals surface area contributed by atoms with E-state index >= 15 is 0 Å². The molecule has 0 radical (unpaired) electrons. The molecular weight excluding hydrogens is 85.0 g/mol. The van der Waals surface area contributed by atoms with Gasteiger partial charge in [0.2, 0.25) is 0 Å². The second kappa shape index (κ2) is 2.06. The maximum atomic E-state index is 9.51. The Kier molecular flexibility index (Phi) is 1.98. The molecule has 0 aromatic heterocycles. The fourth-order valence-corrected chi connectivity index (χ4v) is 0. The maximum absolute atomic E-state index is 9.51. The Balaban J connectivity index is 3.20. The van der Waals surface area contributed by atoms with E-state index in [1.165, 1.54) is 0 Å². The summed E-state index contributed by atoms with van der Waals surface area (Å²) < 4.78 is 0. The molecule has 0 rings (SSSR count). The molecule has 0 aromatic rings. The minimum atomic E-state index is -1.83. The smallest absolute Gasteiger partial charge is 0.190 e. The summed E-state index contributed by atoms with van der Waals surface area (Å²) in [6.07, 6.45) is 0. The lowest BCUT2D eigenvalue weighted by molar-refractivity contribution is -0.153. The summed E-state index contributed by atoms with van der Waals surface area (Å²) >= 11 is 0. The maximum Gasteiger partial charge on any atom is 0.190 e. The summed E-state index contributed by atoms with van der Waals surface area (Å²) in [6.45, 7) is 3.09. The monoisotopic (exact) mass is 89.0 g/mol. The highest BCUT2D eigenvalue weighted by molar-refractivity contribution is 7.41. The van der Waals surface area contributed by atoms with Crippen molar-refractivity contribution in [2.45, 2.75) is 0 Å². The van der Waals surface area contributed by atoms with Crippen LogP contribution in [0.4, 0.5) is 0 Å². The molecule has 0 saturated carbocycles. The molecule has 3 heteroatoms. The van der Waals surface area contributed by atoms with Gasteiger partial charge >= 0.3 is 0 Å². The summed E-state index contributed by atoms with van der Waals surface area (Å²) in [7, 11) is -1.83. The van der Waals surface area contributed by atoms with E-state index in [4.69, 9.17) is 5.16 Å². The van der Waals surface area contributed by atoms with Crippen LogP contribution in [0.25, 0.3) is 0 Å². The average molecular weight is 89.0 g/mol. The Hall–Kier alpha value is -0.200. The zero-order chi connectivity index (χ0) is 4.28. The zero-order valence-electron chi connectivity index (χ0n) is 2.64. The molecule has 1 N–H and O–H groups in total. The van der Waals surface area contributed by atoms with Gasteiger partial charge in [-0.25, -0.2) is 0 Å². The zero-order valence-corrected chi connectivity index (χ0v) is 3.53. The molecular formula is C2H4NOP. The van der Waals surface area contributed by atoms with Crippen molar-refractivity contribution < 1.29 is 4.89 Å². The third kappa shape index (κ3) is 3.80. The molecule has 0 amide bonds. The van der Waals surface area contributed by atoms with Crippen molar-refractivity contribution in [3.8, 4) is 0 Å². The van der Waals surface area contributed by atoms with Crippen LogP contribution in [-0.4, -0.2) is 0 Å². The van der Waals surface area contributed by atoms with Gasteiger partial charge < -0.3 is 4.89 Å². The summed E-state index contributed by atoms with van der Waals surface area (Å²) in [5, 5.41) is 6.22. The van der Waals surface area contributed by atoms with E-state index in [0.717, 1.165) is 5.82 Å². The number of hydrogen-bond donors (Lipinski definition) is 1. The molecule has 0 aliphatic heterocycles. The number of rotatable bonds is 1. The minimum Gasteiger partial charge on any atom is -0.608 e. The Labute approximate surface area is 31.5 Å². The molecule has 0 heterocycles. The summed E-state index contributed by atoms with van der Waals surface area (Å²) in [6, 6.07) is 0. The predicted octanol–water partition coefficient (Wildman–Crippen LogP) is 0.649. The van der Waals surface area contributed by atoms with Gasteiger partial charge in [0.15, 0.2) is 7.94 Å². The van der Waals surface area contributed by atoms with Crippen molar-refractivity contribution >= 4 is 7.94 Å². The SMILES string of the molecule is C=C[P+](=N)[O-]. The number of hydrogen-bond acceptors (Lipinski definition) is 2. The van der Waals surface area contributed by atoms with E-state index in [9.17, 15) is 4.89 Å². The normalized spacial score (nSPS) is 10.2. The average Bonchev–Trinajstić information content (AvgIpc) is 1.38. The van der Waals surface area contributed by atoms with E-state index < -0.39 is 7.94 Å². The largest absolute Gasteiger partial charge is 0.608 e. The fraction of sp³-hybridized carbons (Fsp3) is 0. The quantitative estimate of drug-likeness (QED) is 0.471. The van der Waals surface area contributed by atoms with Crippen LogP contribution in [0.3, 0.4) is 0 Å². The molecule has 0 bridgehead atoms. The van der Waals surface area contributed by atoms with E-state index in [0.29, 0.717) is 0 Å². The fourth-order valence-electron chi connectivity index (χ4n) is 0. The van der Waals surface area contributed by atoms with Gasteiger partial charge in [0.05, 0.1) is 0 Å². The molecule has 0 saturated heterocycles. The highest BCUT2D eigenvalue weighted by Crippen LogP contribution is 2.04. The topological polar surface area (TPSA) is 46.9 Å². The van der Waals surface area contributed by atoms with Gasteiger partial charge in [-0.05, 0) is 0 Å². The van der Waals surface area contributed by atoms with Gasteiger partial charge in [0.25, 0.3) is 0 Å². The first-order valence-electron chi connectivity index (χ1n) is 1.07. The van der Waals surface area contributed by atoms with Gasteiger partial charge in [-0.3, -0.25) is 0 Å². The molecule has 0 fully saturated rings. The van der Waals surface area contributed by atoms with Crippen LogP contribution in [0, 0.1) is 5.16 Å². The van der Waals surface area contributed by atoms with Crippen molar-refractivity contribution in [2.75, 3.05) is 0 Å². The molecule has 1 unspecified atom stereocenters. The lowest BCUT2D eigenvalue weighted by Gasteiger charge is -1.70. The van der Waals surface area contributed by atoms with Gasteiger partial charge in [0, 0.05) is 0 Å². The van der Waals surface area contributed by atoms with Gasteiger partial charge in [-0.15, -0.1) is 5.16 Å². The van der Waals surface area contributed by atoms with E-state index in [1.807, 2.05) is 0 Å². The molecule has 2 nitrogen and oxygen atoms in total. The van der Waals surface area contributed by atoms with Gasteiger partial charge in [-0.2, -0.15) is 0 Å². The Bertz CT molecular complexity index is 60.7. The van der Waals surface area contributed by atoms with Gasteiger partial charge in [-0.1, -0.05) is 6.58 Å². The lowest BCUT2D eigenvalue weighted by Crippen LogP contribution is -1.76. The van der Waals surface area contributed by atoms with Crippen LogP contribution < -0.4 is 4.89 Å². The van der Waals surface area contributed by atoms with E-state index in [-0.39, 0.29) is 0 Å². The van der Waals surface area contributed by atoms with Gasteiger partial charge in [0.1, 0.15) is 5.82 Å². The molecule has 5 heavy (non-hydrogen) atoms. The first-order chi connectivity index (χ1) is 2.27.